The Kier molecular flexibility index (Phi) is 6.47. The molecule has 0 aliphatic carbocycles. The summed E-state index contributed by atoms with van der Waals surface area (Å²) in [5, 5.41) is 0. The quantitative estimate of drug-likeness (QED) is 0.488. The van der Waals surface area contributed by atoms with Crippen LogP contribution in [0.5, 0.6) is 0 Å². The number of likely N-dealkylation sites (N-methyl/N-ethyl adjacent to an activating group) is 1. The van der Waals surface area contributed by atoms with Gasteiger partial charge in [0.1, 0.15) is 0 Å². The first-order valence-corrected chi connectivity index (χ1v) is 9.04. The average Bonchev–Trinajstić information content (AvgIpc) is 2.62. The topological polar surface area (TPSA) is 72.6 Å². The molecule has 2 aromatic rings. The fraction of sp³-hybridized carbons (Fsp3) is 0.263. The maximum Gasteiger partial charge on any atom is 0.340 e. The molecule has 1 amide bonds. The Morgan fingerprint density at radius 3 is 2.48 bits per heavy atom. The third-order valence-corrected chi connectivity index (χ3v) is 4.62. The first-order chi connectivity index (χ1) is 11.9. The lowest BCUT2D eigenvalue weighted by Crippen LogP contribution is -2.31. The lowest BCUT2D eigenvalue weighted by Gasteiger charge is -2.17. The number of anilines is 1. The van der Waals surface area contributed by atoms with E-state index in [1.165, 1.54) is 9.80 Å². The Balaban J connectivity index is 1.90. The van der Waals surface area contributed by atoms with Gasteiger partial charge in [-0.2, -0.15) is 0 Å². The maximum atomic E-state index is 12.2. The Bertz CT molecular complexity index is 760. The van der Waals surface area contributed by atoms with E-state index in [1.807, 2.05) is 43.5 Å². The van der Waals surface area contributed by atoms with Gasteiger partial charge >= 0.3 is 5.97 Å². The molecule has 0 aromatic heterocycles. The highest BCUT2D eigenvalue weighted by atomic mass is 32.2. The lowest BCUT2D eigenvalue weighted by molar-refractivity contribution is -0.133. The summed E-state index contributed by atoms with van der Waals surface area (Å²) in [7, 11) is 1.68. The van der Waals surface area contributed by atoms with Gasteiger partial charge in [-0.3, -0.25) is 4.79 Å². The van der Waals surface area contributed by atoms with Gasteiger partial charge in [-0.05, 0) is 42.5 Å². The molecular formula is C19H22N2O3S. The van der Waals surface area contributed by atoms with Crippen molar-refractivity contribution in [1.82, 2.24) is 4.90 Å². The minimum atomic E-state index is -0.590. The predicted octanol–water partition coefficient (Wildman–Crippen LogP) is 3.11. The van der Waals surface area contributed by atoms with Crippen molar-refractivity contribution in [3.63, 3.8) is 0 Å². The van der Waals surface area contributed by atoms with Crippen molar-refractivity contribution in [2.45, 2.75) is 18.4 Å². The second kappa shape index (κ2) is 8.58. The number of thioether (sulfide) groups is 1. The van der Waals surface area contributed by atoms with E-state index in [0.29, 0.717) is 12.2 Å². The fourth-order valence-corrected chi connectivity index (χ4v) is 2.68. The van der Waals surface area contributed by atoms with E-state index in [9.17, 15) is 9.59 Å². The minimum Gasteiger partial charge on any atom is -0.452 e. The van der Waals surface area contributed by atoms with Crippen molar-refractivity contribution >= 4 is 29.3 Å². The fourth-order valence-electron chi connectivity index (χ4n) is 2.27. The molecule has 0 bridgehead atoms. The molecule has 2 N–H and O–H groups in total. The smallest absolute Gasteiger partial charge is 0.340 e. The van der Waals surface area contributed by atoms with E-state index < -0.39 is 5.97 Å². The number of esters is 1. The summed E-state index contributed by atoms with van der Waals surface area (Å²) >= 11 is 1.67. The standard InChI is InChI=1S/C19H22N2O3S/c1-13-5-4-6-16(18(13)20)19(23)24-12-17(22)21(2)11-14-7-9-15(25-3)10-8-14/h4-10H,11-12,20H2,1-3H3. The van der Waals surface area contributed by atoms with Crippen LogP contribution < -0.4 is 5.73 Å². The number of hydrogen-bond acceptors (Lipinski definition) is 5. The van der Waals surface area contributed by atoms with Gasteiger partial charge in [0.25, 0.3) is 5.91 Å². The monoisotopic (exact) mass is 358 g/mol. The molecule has 0 atom stereocenters. The number of nitrogens with zero attached hydrogens (tertiary/aromatic N) is 1. The molecule has 0 radical (unpaired) electrons. The summed E-state index contributed by atoms with van der Waals surface area (Å²) in [6.07, 6.45) is 2.01. The van der Waals surface area contributed by atoms with Gasteiger partial charge in [0.05, 0.1) is 5.56 Å². The third kappa shape index (κ3) is 5.00. The summed E-state index contributed by atoms with van der Waals surface area (Å²) in [5.74, 6) is -0.860. The molecule has 5 nitrogen and oxygen atoms in total. The molecule has 25 heavy (non-hydrogen) atoms. The van der Waals surface area contributed by atoms with Crippen LogP contribution in [0.1, 0.15) is 21.5 Å². The van der Waals surface area contributed by atoms with E-state index in [4.69, 9.17) is 10.5 Å². The van der Waals surface area contributed by atoms with E-state index >= 15 is 0 Å². The molecule has 0 heterocycles. The molecular weight excluding hydrogens is 336 g/mol. The zero-order valence-corrected chi connectivity index (χ0v) is 15.4. The normalized spacial score (nSPS) is 10.4. The first kappa shape index (κ1) is 18.9. The van der Waals surface area contributed by atoms with Crippen LogP contribution in [0.15, 0.2) is 47.4 Å². The van der Waals surface area contributed by atoms with Gasteiger partial charge in [0.15, 0.2) is 6.61 Å². The number of nitrogens with two attached hydrogens (primary N) is 1. The van der Waals surface area contributed by atoms with Crippen molar-refractivity contribution in [3.8, 4) is 0 Å². The van der Waals surface area contributed by atoms with Crippen molar-refractivity contribution < 1.29 is 14.3 Å². The Hall–Kier alpha value is -2.47. The van der Waals surface area contributed by atoms with Crippen LogP contribution in [-0.4, -0.2) is 36.7 Å². The Morgan fingerprint density at radius 2 is 1.84 bits per heavy atom. The van der Waals surface area contributed by atoms with Crippen molar-refractivity contribution in [2.75, 3.05) is 25.6 Å². The molecule has 2 aromatic carbocycles. The first-order valence-electron chi connectivity index (χ1n) is 7.81. The number of ether oxygens (including phenoxy) is 1. The molecule has 0 aliphatic rings. The number of carbonyl (C=O) groups excluding carboxylic acids is 2. The molecule has 6 heteroatoms. The molecule has 0 aliphatic heterocycles. The largest absolute Gasteiger partial charge is 0.452 e. The molecule has 0 spiro atoms. The molecule has 132 valence electrons. The van der Waals surface area contributed by atoms with E-state index in [2.05, 4.69) is 0 Å². The van der Waals surface area contributed by atoms with Crippen LogP contribution in [-0.2, 0) is 16.1 Å². The van der Waals surface area contributed by atoms with Crippen LogP contribution in [0.4, 0.5) is 5.69 Å². The highest BCUT2D eigenvalue weighted by Gasteiger charge is 2.16. The lowest BCUT2D eigenvalue weighted by atomic mass is 10.1. The van der Waals surface area contributed by atoms with Crippen molar-refractivity contribution in [2.24, 2.45) is 0 Å². The van der Waals surface area contributed by atoms with E-state index in [0.717, 1.165) is 11.1 Å². The molecule has 0 fully saturated rings. The summed E-state index contributed by atoms with van der Waals surface area (Å²) in [6, 6.07) is 13.1. The van der Waals surface area contributed by atoms with Crippen LogP contribution in [0.25, 0.3) is 0 Å². The Labute approximate surface area is 152 Å². The van der Waals surface area contributed by atoms with Gasteiger partial charge in [0.2, 0.25) is 0 Å². The molecule has 0 saturated carbocycles. The number of carbonyl (C=O) groups is 2. The van der Waals surface area contributed by atoms with Gasteiger partial charge in [0, 0.05) is 24.2 Å². The highest BCUT2D eigenvalue weighted by Crippen LogP contribution is 2.18. The molecule has 0 unspecified atom stereocenters. The zero-order chi connectivity index (χ0) is 18.4. The predicted molar refractivity (Wildman–Crippen MR) is 101 cm³/mol. The third-order valence-electron chi connectivity index (χ3n) is 3.88. The molecule has 0 saturated heterocycles. The Morgan fingerprint density at radius 1 is 1.16 bits per heavy atom. The van der Waals surface area contributed by atoms with Crippen molar-refractivity contribution in [1.29, 1.82) is 0 Å². The number of hydrogen-bond donors (Lipinski definition) is 1. The van der Waals surface area contributed by atoms with Crippen LogP contribution in [0.2, 0.25) is 0 Å². The average molecular weight is 358 g/mol. The maximum absolute atomic E-state index is 12.2. The number of para-hydroxylation sites is 1. The number of amides is 1. The molecule has 2 rings (SSSR count). The van der Waals surface area contributed by atoms with Crippen LogP contribution in [0.3, 0.4) is 0 Å². The van der Waals surface area contributed by atoms with Crippen molar-refractivity contribution in [3.05, 3.63) is 59.2 Å². The van der Waals surface area contributed by atoms with E-state index in [1.54, 1.807) is 30.9 Å². The number of aryl methyl sites for hydroxylation is 1. The van der Waals surface area contributed by atoms with Gasteiger partial charge in [-0.1, -0.05) is 24.3 Å². The number of nitrogen functional groups attached to an aromatic ring is 1. The summed E-state index contributed by atoms with van der Waals surface area (Å²) in [4.78, 5) is 27.0. The number of benzene rings is 2. The second-order valence-electron chi connectivity index (χ2n) is 5.71. The summed E-state index contributed by atoms with van der Waals surface area (Å²) < 4.78 is 5.11. The minimum absolute atomic E-state index is 0.270. The highest BCUT2D eigenvalue weighted by molar-refractivity contribution is 7.98. The van der Waals surface area contributed by atoms with E-state index in [-0.39, 0.29) is 18.1 Å². The van der Waals surface area contributed by atoms with Gasteiger partial charge < -0.3 is 15.4 Å². The van der Waals surface area contributed by atoms with Gasteiger partial charge in [-0.15, -0.1) is 11.8 Å². The summed E-state index contributed by atoms with van der Waals surface area (Å²) in [5.41, 5.74) is 8.35. The summed E-state index contributed by atoms with van der Waals surface area (Å²) in [6.45, 7) is 1.95. The SMILES string of the molecule is CSc1ccc(CN(C)C(=O)COC(=O)c2cccc(C)c2N)cc1. The van der Waals surface area contributed by atoms with Gasteiger partial charge in [-0.25, -0.2) is 4.79 Å². The zero-order valence-electron chi connectivity index (χ0n) is 14.6. The van der Waals surface area contributed by atoms with Crippen LogP contribution >= 0.6 is 11.8 Å². The number of rotatable bonds is 6. The second-order valence-corrected chi connectivity index (χ2v) is 6.59. The van der Waals surface area contributed by atoms with Crippen LogP contribution in [0, 0.1) is 6.92 Å².